The summed E-state index contributed by atoms with van der Waals surface area (Å²) >= 11 is 0. The molecule has 2 aromatic rings. The van der Waals surface area contributed by atoms with Crippen LogP contribution in [-0.4, -0.2) is 43.5 Å². The van der Waals surface area contributed by atoms with Crippen LogP contribution < -0.4 is 4.90 Å². The number of allylic oxidation sites excluding steroid dienone is 1. The van der Waals surface area contributed by atoms with Crippen molar-refractivity contribution >= 4 is 17.5 Å². The van der Waals surface area contributed by atoms with E-state index < -0.39 is 0 Å². The number of aliphatic imine (C=N–C) groups is 1. The van der Waals surface area contributed by atoms with Gasteiger partial charge in [0.05, 0.1) is 18.9 Å². The highest BCUT2D eigenvalue weighted by molar-refractivity contribution is 6.15. The van der Waals surface area contributed by atoms with Crippen LogP contribution in [0.2, 0.25) is 0 Å². The highest BCUT2D eigenvalue weighted by Gasteiger charge is 2.15. The van der Waals surface area contributed by atoms with E-state index in [-0.39, 0.29) is 0 Å². The molecule has 4 rings (SSSR count). The second kappa shape index (κ2) is 7.62. The van der Waals surface area contributed by atoms with Gasteiger partial charge in [-0.3, -0.25) is 9.98 Å². The van der Waals surface area contributed by atoms with Crippen molar-refractivity contribution in [2.24, 2.45) is 4.99 Å². The van der Waals surface area contributed by atoms with Crippen molar-refractivity contribution in [1.82, 2.24) is 4.98 Å². The molecule has 1 fully saturated rings. The number of anilines is 1. The lowest BCUT2D eigenvalue weighted by Crippen LogP contribution is -2.36. The van der Waals surface area contributed by atoms with E-state index in [0.29, 0.717) is 0 Å². The highest BCUT2D eigenvalue weighted by Crippen LogP contribution is 2.23. The van der Waals surface area contributed by atoms with Crippen LogP contribution in [0.5, 0.6) is 0 Å². The fourth-order valence-electron chi connectivity index (χ4n) is 3.40. The molecule has 0 bridgehead atoms. The Kier molecular flexibility index (Phi) is 4.89. The van der Waals surface area contributed by atoms with E-state index in [1.807, 2.05) is 12.3 Å². The molecule has 0 aliphatic carbocycles. The first kappa shape index (κ1) is 16.0. The molecule has 0 N–H and O–H groups in total. The number of aromatic nitrogens is 1. The topological polar surface area (TPSA) is 37.7 Å². The van der Waals surface area contributed by atoms with Crippen molar-refractivity contribution < 1.29 is 4.74 Å². The quantitative estimate of drug-likeness (QED) is 0.861. The Morgan fingerprint density at radius 2 is 1.88 bits per heavy atom. The van der Waals surface area contributed by atoms with Gasteiger partial charge in [0.1, 0.15) is 0 Å². The summed E-state index contributed by atoms with van der Waals surface area (Å²) in [7, 11) is 0. The van der Waals surface area contributed by atoms with Gasteiger partial charge in [-0.1, -0.05) is 12.1 Å². The molecule has 4 nitrogen and oxygen atoms in total. The Morgan fingerprint density at radius 1 is 1.04 bits per heavy atom. The molecular formula is C21H23N3O. The summed E-state index contributed by atoms with van der Waals surface area (Å²) in [6.07, 6.45) is 8.16. The summed E-state index contributed by atoms with van der Waals surface area (Å²) in [5, 5.41) is 0. The number of nitrogens with zero attached hydrogens (tertiary/aromatic N) is 3. The van der Waals surface area contributed by atoms with E-state index in [4.69, 9.17) is 9.73 Å². The second-order valence-electron chi connectivity index (χ2n) is 6.44. The van der Waals surface area contributed by atoms with E-state index in [1.54, 1.807) is 6.20 Å². The van der Waals surface area contributed by atoms with Gasteiger partial charge >= 0.3 is 0 Å². The lowest BCUT2D eigenvalue weighted by molar-refractivity contribution is 0.122. The zero-order valence-electron chi connectivity index (χ0n) is 14.4. The van der Waals surface area contributed by atoms with Crippen molar-refractivity contribution in [2.45, 2.75) is 12.8 Å². The second-order valence-corrected chi connectivity index (χ2v) is 6.44. The van der Waals surface area contributed by atoms with Gasteiger partial charge in [0.15, 0.2) is 0 Å². The minimum Gasteiger partial charge on any atom is -0.378 e. The molecule has 3 heterocycles. The van der Waals surface area contributed by atoms with E-state index in [0.717, 1.165) is 57.0 Å². The Hall–Kier alpha value is -2.46. The van der Waals surface area contributed by atoms with Crippen LogP contribution in [0.1, 0.15) is 24.0 Å². The summed E-state index contributed by atoms with van der Waals surface area (Å²) in [6.45, 7) is 4.47. The molecule has 2 aliphatic rings. The first-order valence-corrected chi connectivity index (χ1v) is 8.99. The van der Waals surface area contributed by atoms with E-state index in [1.165, 1.54) is 16.8 Å². The molecule has 25 heavy (non-hydrogen) atoms. The third-order valence-corrected chi connectivity index (χ3v) is 4.72. The molecule has 0 amide bonds. The molecular weight excluding hydrogens is 310 g/mol. The van der Waals surface area contributed by atoms with E-state index in [9.17, 15) is 0 Å². The zero-order chi connectivity index (χ0) is 16.9. The molecule has 0 atom stereocenters. The van der Waals surface area contributed by atoms with Crippen molar-refractivity contribution in [3.63, 3.8) is 0 Å². The maximum absolute atomic E-state index is 5.43. The summed E-state index contributed by atoms with van der Waals surface area (Å²) in [6, 6.07) is 12.9. The summed E-state index contributed by atoms with van der Waals surface area (Å²) in [4.78, 5) is 11.4. The van der Waals surface area contributed by atoms with Crippen LogP contribution in [0.4, 0.5) is 5.69 Å². The van der Waals surface area contributed by atoms with Gasteiger partial charge in [-0.2, -0.15) is 0 Å². The molecule has 2 aliphatic heterocycles. The summed E-state index contributed by atoms with van der Waals surface area (Å²) in [5.74, 6) is 0. The van der Waals surface area contributed by atoms with E-state index in [2.05, 4.69) is 46.3 Å². The highest BCUT2D eigenvalue weighted by atomic mass is 16.5. The predicted octanol–water partition coefficient (Wildman–Crippen LogP) is 3.58. The number of hydrogen-bond donors (Lipinski definition) is 0. The lowest BCUT2D eigenvalue weighted by Gasteiger charge is -2.28. The molecule has 1 saturated heterocycles. The number of pyridine rings is 1. The average Bonchev–Trinajstić information content (AvgIpc) is 2.70. The number of benzene rings is 1. The van der Waals surface area contributed by atoms with Crippen molar-refractivity contribution in [3.8, 4) is 0 Å². The van der Waals surface area contributed by atoms with Crippen LogP contribution in [0.15, 0.2) is 59.4 Å². The smallest absolute Gasteiger partial charge is 0.0694 e. The van der Waals surface area contributed by atoms with Gasteiger partial charge < -0.3 is 9.64 Å². The van der Waals surface area contributed by atoms with Gasteiger partial charge in [-0.15, -0.1) is 0 Å². The monoisotopic (exact) mass is 333 g/mol. The van der Waals surface area contributed by atoms with E-state index >= 15 is 0 Å². The van der Waals surface area contributed by atoms with Gasteiger partial charge in [0.25, 0.3) is 0 Å². The Labute approximate surface area is 148 Å². The molecule has 1 aromatic carbocycles. The predicted molar refractivity (Wildman–Crippen MR) is 102 cm³/mol. The summed E-state index contributed by atoms with van der Waals surface area (Å²) < 4.78 is 5.43. The maximum atomic E-state index is 5.43. The number of morpholine rings is 1. The van der Waals surface area contributed by atoms with Crippen molar-refractivity contribution in [1.29, 1.82) is 0 Å². The fraction of sp³-hybridized carbons (Fsp3) is 0.333. The number of rotatable bonds is 3. The van der Waals surface area contributed by atoms with Crippen molar-refractivity contribution in [2.75, 3.05) is 37.7 Å². The largest absolute Gasteiger partial charge is 0.378 e. The van der Waals surface area contributed by atoms with Crippen LogP contribution in [-0.2, 0) is 4.74 Å². The normalized spacial score (nSPS) is 19.8. The Balaban J connectivity index is 1.56. The van der Waals surface area contributed by atoms with Gasteiger partial charge in [0, 0.05) is 43.3 Å². The third-order valence-electron chi connectivity index (χ3n) is 4.72. The SMILES string of the molecule is C(=C1CCCN=C1c1cccnc1)c1ccc(N2CCOCC2)cc1. The Bertz CT molecular complexity index is 759. The molecule has 0 unspecified atom stereocenters. The molecule has 1 aromatic heterocycles. The summed E-state index contributed by atoms with van der Waals surface area (Å²) in [5.41, 5.74) is 6.01. The van der Waals surface area contributed by atoms with Crippen LogP contribution in [0.3, 0.4) is 0 Å². The standard InChI is InChI=1S/C21H23N3O/c1-4-19(16-22-9-1)21-18(3-2-10-23-21)15-17-5-7-20(8-6-17)24-11-13-25-14-12-24/h1,4-9,15-16H,2-3,10-14H2. The molecule has 0 radical (unpaired) electrons. The fourth-order valence-corrected chi connectivity index (χ4v) is 3.40. The van der Waals surface area contributed by atoms with Crippen LogP contribution >= 0.6 is 0 Å². The van der Waals surface area contributed by atoms with Gasteiger partial charge in [-0.25, -0.2) is 0 Å². The average molecular weight is 333 g/mol. The van der Waals surface area contributed by atoms with Crippen LogP contribution in [0, 0.1) is 0 Å². The molecule has 128 valence electrons. The maximum Gasteiger partial charge on any atom is 0.0694 e. The van der Waals surface area contributed by atoms with Crippen molar-refractivity contribution in [3.05, 3.63) is 65.5 Å². The number of ether oxygens (including phenoxy) is 1. The number of hydrogen-bond acceptors (Lipinski definition) is 4. The first-order chi connectivity index (χ1) is 12.4. The Morgan fingerprint density at radius 3 is 2.64 bits per heavy atom. The van der Waals surface area contributed by atoms with Gasteiger partial charge in [0.2, 0.25) is 0 Å². The minimum atomic E-state index is 0.816. The first-order valence-electron chi connectivity index (χ1n) is 8.99. The van der Waals surface area contributed by atoms with Gasteiger partial charge in [-0.05, 0) is 54.3 Å². The molecule has 4 heteroatoms. The lowest BCUT2D eigenvalue weighted by atomic mass is 9.95. The minimum absolute atomic E-state index is 0.816. The third kappa shape index (κ3) is 3.80. The molecule has 0 saturated carbocycles. The zero-order valence-corrected chi connectivity index (χ0v) is 14.4. The van der Waals surface area contributed by atoms with Crippen LogP contribution in [0.25, 0.3) is 6.08 Å². The molecule has 0 spiro atoms.